The van der Waals surface area contributed by atoms with E-state index in [0.717, 1.165) is 12.8 Å². The van der Waals surface area contributed by atoms with E-state index < -0.39 is 7.92 Å². The van der Waals surface area contributed by atoms with Crippen LogP contribution in [0.5, 0.6) is 0 Å². The monoisotopic (exact) mass is 294 g/mol. The molecule has 0 radical (unpaired) electrons. The van der Waals surface area contributed by atoms with Crippen molar-refractivity contribution in [3.63, 3.8) is 0 Å². The third kappa shape index (κ3) is 4.41. The zero-order chi connectivity index (χ0) is 14.9. The van der Waals surface area contributed by atoms with Gasteiger partial charge in [0.05, 0.1) is 0 Å². The van der Waals surface area contributed by atoms with Crippen molar-refractivity contribution in [1.82, 2.24) is 0 Å². The molecule has 1 heteroatoms. The standard InChI is InChI=1S/C20H23P/c1-3-5-13-18(12-4-2)21(19-14-8-6-9-15-19)20-16-10-7-11-17-20/h5-17H,3-4H2,1-2H3/b13-5-,18-12+. The summed E-state index contributed by atoms with van der Waals surface area (Å²) in [5.74, 6) is 0. The second-order valence-corrected chi connectivity index (χ2v) is 7.07. The summed E-state index contributed by atoms with van der Waals surface area (Å²) >= 11 is 0. The van der Waals surface area contributed by atoms with Crippen LogP contribution < -0.4 is 10.6 Å². The Labute approximate surface area is 130 Å². The Morgan fingerprint density at radius 3 is 1.76 bits per heavy atom. The smallest absolute Gasteiger partial charge is 0.0138 e. The molecule has 0 atom stereocenters. The molecular formula is C20H23P. The molecule has 0 bridgehead atoms. The van der Waals surface area contributed by atoms with Gasteiger partial charge in [0.25, 0.3) is 0 Å². The second-order valence-electron chi connectivity index (χ2n) is 4.85. The van der Waals surface area contributed by atoms with Crippen molar-refractivity contribution < 1.29 is 0 Å². The Kier molecular flexibility index (Phi) is 6.44. The topological polar surface area (TPSA) is 0 Å². The lowest BCUT2D eigenvalue weighted by Crippen LogP contribution is -2.12. The Balaban J connectivity index is 2.50. The Bertz CT molecular complexity index is 542. The van der Waals surface area contributed by atoms with Crippen LogP contribution in [0.3, 0.4) is 0 Å². The average Bonchev–Trinajstić information content (AvgIpc) is 2.55. The molecule has 0 aliphatic rings. The van der Waals surface area contributed by atoms with Crippen LogP contribution in [0.15, 0.2) is 84.2 Å². The number of hydrogen-bond acceptors (Lipinski definition) is 0. The molecule has 2 rings (SSSR count). The molecule has 0 nitrogen and oxygen atoms in total. The molecule has 0 saturated carbocycles. The molecule has 0 fully saturated rings. The van der Waals surface area contributed by atoms with E-state index in [1.807, 2.05) is 0 Å². The van der Waals surface area contributed by atoms with Crippen LogP contribution >= 0.6 is 7.92 Å². The first-order chi connectivity index (χ1) is 10.4. The van der Waals surface area contributed by atoms with Crippen LogP contribution in [0.4, 0.5) is 0 Å². The average molecular weight is 294 g/mol. The third-order valence-electron chi connectivity index (χ3n) is 3.22. The van der Waals surface area contributed by atoms with Gasteiger partial charge in [0.1, 0.15) is 0 Å². The highest BCUT2D eigenvalue weighted by Gasteiger charge is 2.16. The maximum absolute atomic E-state index is 2.37. The minimum Gasteiger partial charge on any atom is -0.0842 e. The van der Waals surface area contributed by atoms with E-state index >= 15 is 0 Å². The molecule has 0 heterocycles. The van der Waals surface area contributed by atoms with Crippen LogP contribution in [-0.2, 0) is 0 Å². The molecule has 0 aromatic heterocycles. The van der Waals surface area contributed by atoms with Crippen molar-refractivity contribution in [2.75, 3.05) is 0 Å². The quantitative estimate of drug-likeness (QED) is 0.495. The maximum atomic E-state index is 2.37. The summed E-state index contributed by atoms with van der Waals surface area (Å²) in [4.78, 5) is 0. The second kappa shape index (κ2) is 8.60. The summed E-state index contributed by atoms with van der Waals surface area (Å²) in [7, 11) is -0.457. The van der Waals surface area contributed by atoms with Crippen LogP contribution in [0.1, 0.15) is 26.7 Å². The van der Waals surface area contributed by atoms with Crippen molar-refractivity contribution in [2.24, 2.45) is 0 Å². The van der Waals surface area contributed by atoms with E-state index in [4.69, 9.17) is 0 Å². The number of hydrogen-bond donors (Lipinski definition) is 0. The van der Waals surface area contributed by atoms with Crippen LogP contribution in [0, 0.1) is 0 Å². The van der Waals surface area contributed by atoms with Crippen molar-refractivity contribution in [3.05, 3.63) is 84.2 Å². The molecule has 21 heavy (non-hydrogen) atoms. The normalized spacial score (nSPS) is 12.2. The fraction of sp³-hybridized carbons (Fsp3) is 0.200. The van der Waals surface area contributed by atoms with Crippen molar-refractivity contribution in [2.45, 2.75) is 26.7 Å². The molecule has 0 saturated heterocycles. The zero-order valence-electron chi connectivity index (χ0n) is 12.9. The number of rotatable bonds is 6. The third-order valence-corrected chi connectivity index (χ3v) is 5.70. The summed E-state index contributed by atoms with van der Waals surface area (Å²) < 4.78 is 0. The van der Waals surface area contributed by atoms with Gasteiger partial charge < -0.3 is 0 Å². The molecule has 108 valence electrons. The summed E-state index contributed by atoms with van der Waals surface area (Å²) in [5, 5.41) is 4.28. The van der Waals surface area contributed by atoms with E-state index in [9.17, 15) is 0 Å². The zero-order valence-corrected chi connectivity index (χ0v) is 13.8. The summed E-state index contributed by atoms with van der Waals surface area (Å²) in [6.07, 6.45) is 9.10. The van der Waals surface area contributed by atoms with Crippen molar-refractivity contribution >= 4 is 18.5 Å². The SMILES string of the molecule is CC/C=C\C(=C/CC)P(c1ccccc1)c1ccccc1. The molecule has 0 N–H and O–H groups in total. The van der Waals surface area contributed by atoms with Gasteiger partial charge in [-0.25, -0.2) is 0 Å². The lowest BCUT2D eigenvalue weighted by Gasteiger charge is -2.20. The summed E-state index contributed by atoms with van der Waals surface area (Å²) in [6.45, 7) is 4.40. The van der Waals surface area contributed by atoms with E-state index in [-0.39, 0.29) is 0 Å². The van der Waals surface area contributed by atoms with Gasteiger partial charge in [-0.1, -0.05) is 92.7 Å². The minimum absolute atomic E-state index is 0.457. The fourth-order valence-electron chi connectivity index (χ4n) is 2.28. The highest BCUT2D eigenvalue weighted by atomic mass is 31.1. The maximum Gasteiger partial charge on any atom is -0.0138 e. The Morgan fingerprint density at radius 2 is 1.33 bits per heavy atom. The molecule has 0 unspecified atom stereocenters. The van der Waals surface area contributed by atoms with Gasteiger partial charge in [0.15, 0.2) is 0 Å². The predicted octanol–water partition coefficient (Wildman–Crippen LogP) is 5.38. The highest BCUT2D eigenvalue weighted by Crippen LogP contribution is 2.43. The highest BCUT2D eigenvalue weighted by molar-refractivity contribution is 7.77. The first-order valence-electron chi connectivity index (χ1n) is 7.63. The first-order valence-corrected chi connectivity index (χ1v) is 8.98. The lowest BCUT2D eigenvalue weighted by atomic mass is 10.3. The van der Waals surface area contributed by atoms with E-state index in [2.05, 4.69) is 92.7 Å². The van der Waals surface area contributed by atoms with Crippen molar-refractivity contribution in [1.29, 1.82) is 0 Å². The van der Waals surface area contributed by atoms with Crippen LogP contribution in [0.2, 0.25) is 0 Å². The van der Waals surface area contributed by atoms with Crippen molar-refractivity contribution in [3.8, 4) is 0 Å². The Morgan fingerprint density at radius 1 is 0.810 bits per heavy atom. The largest absolute Gasteiger partial charge is 0.0842 e. The van der Waals surface area contributed by atoms with E-state index in [1.165, 1.54) is 15.9 Å². The van der Waals surface area contributed by atoms with Gasteiger partial charge in [0, 0.05) is 0 Å². The summed E-state index contributed by atoms with van der Waals surface area (Å²) in [5.41, 5.74) is 0. The van der Waals surface area contributed by atoms with Gasteiger partial charge in [-0.15, -0.1) is 0 Å². The number of allylic oxidation sites excluding steroid dienone is 4. The van der Waals surface area contributed by atoms with Gasteiger partial charge in [-0.2, -0.15) is 0 Å². The molecule has 0 spiro atoms. The molecule has 0 aliphatic carbocycles. The molecule has 0 amide bonds. The lowest BCUT2D eigenvalue weighted by molar-refractivity contribution is 1.20. The van der Waals surface area contributed by atoms with Gasteiger partial charge >= 0.3 is 0 Å². The van der Waals surface area contributed by atoms with Gasteiger partial charge in [0.2, 0.25) is 0 Å². The molecule has 2 aromatic rings. The van der Waals surface area contributed by atoms with Crippen LogP contribution in [0.25, 0.3) is 0 Å². The van der Waals surface area contributed by atoms with E-state index in [0.29, 0.717) is 0 Å². The first kappa shape index (κ1) is 15.7. The molecular weight excluding hydrogens is 271 g/mol. The van der Waals surface area contributed by atoms with Gasteiger partial charge in [-0.05, 0) is 36.7 Å². The fourth-order valence-corrected chi connectivity index (χ4v) is 4.74. The number of benzene rings is 2. The van der Waals surface area contributed by atoms with Crippen LogP contribution in [-0.4, -0.2) is 0 Å². The summed E-state index contributed by atoms with van der Waals surface area (Å²) in [6, 6.07) is 21.7. The van der Waals surface area contributed by atoms with E-state index in [1.54, 1.807) is 0 Å². The molecule has 2 aromatic carbocycles. The molecule has 0 aliphatic heterocycles. The minimum atomic E-state index is -0.457. The Hall–Kier alpha value is -1.65. The van der Waals surface area contributed by atoms with Gasteiger partial charge in [-0.3, -0.25) is 0 Å². The predicted molar refractivity (Wildman–Crippen MR) is 96.9 cm³/mol.